The van der Waals surface area contributed by atoms with Crippen molar-refractivity contribution in [3.63, 3.8) is 0 Å². The summed E-state index contributed by atoms with van der Waals surface area (Å²) < 4.78 is 0. The lowest BCUT2D eigenvalue weighted by Gasteiger charge is -2.34. The summed E-state index contributed by atoms with van der Waals surface area (Å²) in [5.74, 6) is 0.479. The van der Waals surface area contributed by atoms with Crippen LogP contribution in [0.1, 0.15) is 44.7 Å². The Morgan fingerprint density at radius 1 is 1.35 bits per heavy atom. The third kappa shape index (κ3) is 3.73. The molecule has 4 heteroatoms. The fraction of sp³-hybridized carbons (Fsp3) is 0.562. The van der Waals surface area contributed by atoms with Gasteiger partial charge in [-0.05, 0) is 37.0 Å². The number of carbonyl (C=O) groups is 1. The fourth-order valence-corrected chi connectivity index (χ4v) is 2.80. The number of nitrogens with one attached hydrogen (secondary N) is 1. The van der Waals surface area contributed by atoms with Crippen molar-refractivity contribution in [3.8, 4) is 5.75 Å². The molecule has 0 spiro atoms. The first-order chi connectivity index (χ1) is 9.60. The molecule has 1 aliphatic heterocycles. The van der Waals surface area contributed by atoms with Gasteiger partial charge in [0, 0.05) is 32.1 Å². The predicted molar refractivity (Wildman–Crippen MR) is 79.6 cm³/mol. The maximum atomic E-state index is 11.3. The van der Waals surface area contributed by atoms with E-state index in [1.54, 1.807) is 19.1 Å². The summed E-state index contributed by atoms with van der Waals surface area (Å²) in [6, 6.07) is 8.19. The second-order valence-electron chi connectivity index (χ2n) is 5.50. The molecule has 0 bridgehead atoms. The first kappa shape index (κ1) is 14.9. The van der Waals surface area contributed by atoms with Crippen LogP contribution in [0.2, 0.25) is 0 Å². The van der Waals surface area contributed by atoms with Gasteiger partial charge in [-0.15, -0.1) is 0 Å². The highest BCUT2D eigenvalue weighted by Crippen LogP contribution is 2.22. The van der Waals surface area contributed by atoms with E-state index < -0.39 is 0 Å². The van der Waals surface area contributed by atoms with Crippen LogP contribution in [0.4, 0.5) is 0 Å². The van der Waals surface area contributed by atoms with Crippen molar-refractivity contribution in [1.29, 1.82) is 0 Å². The molecule has 1 unspecified atom stereocenters. The van der Waals surface area contributed by atoms with Gasteiger partial charge < -0.3 is 15.3 Å². The zero-order valence-electron chi connectivity index (χ0n) is 12.3. The minimum Gasteiger partial charge on any atom is -0.508 e. The monoisotopic (exact) mass is 276 g/mol. The summed E-state index contributed by atoms with van der Waals surface area (Å²) in [4.78, 5) is 13.2. The molecule has 1 atom stereocenters. The number of carbonyl (C=O) groups excluding carboxylic acids is 1. The van der Waals surface area contributed by atoms with Gasteiger partial charge in [-0.1, -0.05) is 19.1 Å². The number of phenolic OH excluding ortho intramolecular Hbond substituents is 1. The molecule has 20 heavy (non-hydrogen) atoms. The van der Waals surface area contributed by atoms with Crippen molar-refractivity contribution in [2.24, 2.45) is 0 Å². The normalized spacial score (nSPS) is 18.0. The number of amides is 1. The molecule has 1 amide bonds. The predicted octanol–water partition coefficient (Wildman–Crippen LogP) is 2.44. The fourth-order valence-electron chi connectivity index (χ4n) is 2.80. The Morgan fingerprint density at radius 2 is 1.95 bits per heavy atom. The molecule has 1 aliphatic rings. The average molecular weight is 276 g/mol. The van der Waals surface area contributed by atoms with E-state index >= 15 is 0 Å². The Balaban J connectivity index is 1.91. The Hall–Kier alpha value is -1.55. The summed E-state index contributed by atoms with van der Waals surface area (Å²) >= 11 is 0. The maximum Gasteiger partial charge on any atom is 0.219 e. The van der Waals surface area contributed by atoms with Crippen molar-refractivity contribution in [3.05, 3.63) is 29.8 Å². The molecule has 1 aromatic carbocycles. The van der Waals surface area contributed by atoms with E-state index in [0.29, 0.717) is 17.8 Å². The van der Waals surface area contributed by atoms with Crippen molar-refractivity contribution in [1.82, 2.24) is 10.2 Å². The summed E-state index contributed by atoms with van der Waals surface area (Å²) in [6.07, 6.45) is 3.03. The summed E-state index contributed by atoms with van der Waals surface area (Å²) in [5, 5.41) is 13.0. The lowest BCUT2D eigenvalue weighted by molar-refractivity contribution is -0.129. The second-order valence-corrected chi connectivity index (χ2v) is 5.50. The molecule has 4 nitrogen and oxygen atoms in total. The van der Waals surface area contributed by atoms with Crippen LogP contribution in [-0.2, 0) is 4.79 Å². The third-order valence-electron chi connectivity index (χ3n) is 4.08. The minimum atomic E-state index is 0.175. The molecule has 1 fully saturated rings. The summed E-state index contributed by atoms with van der Waals surface area (Å²) in [5.41, 5.74) is 1.21. The number of piperidine rings is 1. The molecule has 0 aromatic heterocycles. The second kappa shape index (κ2) is 6.75. The largest absolute Gasteiger partial charge is 0.508 e. The van der Waals surface area contributed by atoms with E-state index in [4.69, 9.17) is 0 Å². The van der Waals surface area contributed by atoms with E-state index in [-0.39, 0.29) is 5.91 Å². The van der Waals surface area contributed by atoms with E-state index in [1.165, 1.54) is 5.56 Å². The van der Waals surface area contributed by atoms with Crippen molar-refractivity contribution in [2.45, 2.75) is 45.2 Å². The number of phenols is 1. The maximum absolute atomic E-state index is 11.3. The number of benzene rings is 1. The number of likely N-dealkylation sites (tertiary alicyclic amines) is 1. The zero-order valence-corrected chi connectivity index (χ0v) is 12.3. The topological polar surface area (TPSA) is 52.6 Å². The number of rotatable bonds is 4. The van der Waals surface area contributed by atoms with E-state index in [0.717, 1.165) is 32.4 Å². The smallest absolute Gasteiger partial charge is 0.219 e. The Kier molecular flexibility index (Phi) is 5.01. The van der Waals surface area contributed by atoms with E-state index in [1.807, 2.05) is 17.0 Å². The van der Waals surface area contributed by atoms with Crippen LogP contribution in [0, 0.1) is 0 Å². The zero-order chi connectivity index (χ0) is 14.5. The van der Waals surface area contributed by atoms with E-state index in [9.17, 15) is 9.90 Å². The van der Waals surface area contributed by atoms with Crippen molar-refractivity contribution < 1.29 is 9.90 Å². The van der Waals surface area contributed by atoms with Crippen LogP contribution in [0.5, 0.6) is 5.75 Å². The first-order valence-electron chi connectivity index (χ1n) is 7.40. The highest BCUT2D eigenvalue weighted by atomic mass is 16.3. The SMILES string of the molecule is CCC(NC1CCN(C(C)=O)CC1)c1ccc(O)cc1. The molecule has 0 saturated carbocycles. The molecular formula is C16H24N2O2. The molecule has 2 rings (SSSR count). The minimum absolute atomic E-state index is 0.175. The van der Waals surface area contributed by atoms with Gasteiger partial charge in [0.25, 0.3) is 0 Å². The van der Waals surface area contributed by atoms with Gasteiger partial charge in [0.2, 0.25) is 5.91 Å². The molecule has 1 aromatic rings. The van der Waals surface area contributed by atoms with Crippen molar-refractivity contribution in [2.75, 3.05) is 13.1 Å². The van der Waals surface area contributed by atoms with Crippen LogP contribution in [-0.4, -0.2) is 35.0 Å². The lowest BCUT2D eigenvalue weighted by atomic mass is 9.99. The Morgan fingerprint density at radius 3 is 2.45 bits per heavy atom. The molecule has 110 valence electrons. The molecule has 0 aliphatic carbocycles. The quantitative estimate of drug-likeness (QED) is 0.888. The van der Waals surface area contributed by atoms with Crippen LogP contribution in [0.15, 0.2) is 24.3 Å². The number of nitrogens with zero attached hydrogens (tertiary/aromatic N) is 1. The number of hydrogen-bond donors (Lipinski definition) is 2. The molecular weight excluding hydrogens is 252 g/mol. The van der Waals surface area contributed by atoms with Crippen LogP contribution in [0.3, 0.4) is 0 Å². The molecule has 0 radical (unpaired) electrons. The number of aromatic hydroxyl groups is 1. The van der Waals surface area contributed by atoms with Gasteiger partial charge in [-0.2, -0.15) is 0 Å². The highest BCUT2D eigenvalue weighted by molar-refractivity contribution is 5.73. The third-order valence-corrected chi connectivity index (χ3v) is 4.08. The molecule has 2 N–H and O–H groups in total. The van der Waals surface area contributed by atoms with Gasteiger partial charge in [0.05, 0.1) is 0 Å². The van der Waals surface area contributed by atoms with E-state index in [2.05, 4.69) is 12.2 Å². The number of hydrogen-bond acceptors (Lipinski definition) is 3. The van der Waals surface area contributed by atoms with Gasteiger partial charge in [-0.25, -0.2) is 0 Å². The van der Waals surface area contributed by atoms with Gasteiger partial charge >= 0.3 is 0 Å². The Bertz CT molecular complexity index is 436. The van der Waals surface area contributed by atoms with Crippen molar-refractivity contribution >= 4 is 5.91 Å². The first-order valence-corrected chi connectivity index (χ1v) is 7.40. The Labute approximate surface area is 120 Å². The lowest BCUT2D eigenvalue weighted by Crippen LogP contribution is -2.45. The molecule has 1 heterocycles. The van der Waals surface area contributed by atoms with Crippen LogP contribution in [0.25, 0.3) is 0 Å². The van der Waals surface area contributed by atoms with Crippen LogP contribution < -0.4 is 5.32 Å². The van der Waals surface area contributed by atoms with Gasteiger partial charge in [0.1, 0.15) is 5.75 Å². The van der Waals surface area contributed by atoms with Gasteiger partial charge in [0.15, 0.2) is 0 Å². The standard InChI is InChI=1S/C16H24N2O2/c1-3-16(13-4-6-15(20)7-5-13)17-14-8-10-18(11-9-14)12(2)19/h4-7,14,16-17,20H,3,8-11H2,1-2H3. The molecule has 1 saturated heterocycles. The summed E-state index contributed by atoms with van der Waals surface area (Å²) in [7, 11) is 0. The van der Waals surface area contributed by atoms with Gasteiger partial charge in [-0.3, -0.25) is 4.79 Å². The van der Waals surface area contributed by atoms with Crippen LogP contribution >= 0.6 is 0 Å². The average Bonchev–Trinajstić information content (AvgIpc) is 2.46. The summed E-state index contributed by atoms with van der Waals surface area (Å²) in [6.45, 7) is 5.49. The highest BCUT2D eigenvalue weighted by Gasteiger charge is 2.22.